The van der Waals surface area contributed by atoms with Crippen molar-refractivity contribution in [2.24, 2.45) is 0 Å². The van der Waals surface area contributed by atoms with Gasteiger partial charge in [-0.15, -0.1) is 11.8 Å². The van der Waals surface area contributed by atoms with Crippen molar-refractivity contribution < 1.29 is 9.84 Å². The van der Waals surface area contributed by atoms with Crippen LogP contribution in [-0.2, 0) is 16.7 Å². The summed E-state index contributed by atoms with van der Waals surface area (Å²) in [6.07, 6.45) is 1.35. The van der Waals surface area contributed by atoms with Gasteiger partial charge in [0, 0.05) is 41.1 Å². The first-order valence-corrected chi connectivity index (χ1v) is 10.3. The van der Waals surface area contributed by atoms with Crippen LogP contribution in [-0.4, -0.2) is 38.2 Å². The van der Waals surface area contributed by atoms with Crippen molar-refractivity contribution in [1.29, 1.82) is 0 Å². The summed E-state index contributed by atoms with van der Waals surface area (Å²) < 4.78 is 7.86. The van der Waals surface area contributed by atoms with Crippen LogP contribution in [0, 0.1) is 0 Å². The molecular weight excluding hydrogens is 344 g/mol. The number of imidazole rings is 1. The lowest BCUT2D eigenvalue weighted by Crippen LogP contribution is -2.41. The van der Waals surface area contributed by atoms with Crippen molar-refractivity contribution in [3.8, 4) is 0 Å². The second-order valence-corrected chi connectivity index (χ2v) is 11.4. The maximum atomic E-state index is 11.1. The summed E-state index contributed by atoms with van der Waals surface area (Å²) in [7, 11) is 0. The molecule has 144 valence electrons. The molecule has 3 rings (SSSR count). The third kappa shape index (κ3) is 4.44. The van der Waals surface area contributed by atoms with E-state index in [0.717, 1.165) is 16.9 Å². The van der Waals surface area contributed by atoms with E-state index in [4.69, 9.17) is 9.72 Å². The highest BCUT2D eigenvalue weighted by atomic mass is 32.2. The number of thioether (sulfide) groups is 1. The van der Waals surface area contributed by atoms with Crippen molar-refractivity contribution >= 4 is 22.8 Å². The fourth-order valence-corrected chi connectivity index (χ4v) is 4.47. The molecule has 2 aromatic rings. The number of aromatic nitrogens is 2. The van der Waals surface area contributed by atoms with E-state index in [2.05, 4.69) is 64.3 Å². The van der Waals surface area contributed by atoms with E-state index in [0.29, 0.717) is 32.6 Å². The van der Waals surface area contributed by atoms with E-state index in [9.17, 15) is 5.11 Å². The minimum Gasteiger partial charge on any atom is -0.388 e. The van der Waals surface area contributed by atoms with Crippen LogP contribution in [0.2, 0.25) is 0 Å². The van der Waals surface area contributed by atoms with Gasteiger partial charge in [-0.2, -0.15) is 0 Å². The zero-order valence-electron chi connectivity index (χ0n) is 16.9. The highest BCUT2D eigenvalue weighted by Gasteiger charge is 2.33. The molecular formula is C21H32N2O2S. The van der Waals surface area contributed by atoms with Crippen molar-refractivity contribution in [1.82, 2.24) is 9.55 Å². The molecule has 0 spiro atoms. The first-order chi connectivity index (χ1) is 12.0. The van der Waals surface area contributed by atoms with E-state index in [1.54, 1.807) is 0 Å². The molecule has 1 aliphatic heterocycles. The third-order valence-electron chi connectivity index (χ3n) is 4.69. The van der Waals surface area contributed by atoms with Gasteiger partial charge in [0.2, 0.25) is 0 Å². The molecule has 1 aromatic heterocycles. The van der Waals surface area contributed by atoms with Gasteiger partial charge in [0.05, 0.1) is 23.2 Å². The summed E-state index contributed by atoms with van der Waals surface area (Å²) in [6.45, 7) is 15.1. The van der Waals surface area contributed by atoms with Crippen LogP contribution in [0.1, 0.15) is 60.2 Å². The van der Waals surface area contributed by atoms with Gasteiger partial charge in [0.1, 0.15) is 5.82 Å². The molecule has 0 aliphatic carbocycles. The Labute approximate surface area is 161 Å². The lowest BCUT2D eigenvalue weighted by Gasteiger charge is -2.34. The van der Waals surface area contributed by atoms with E-state index >= 15 is 0 Å². The third-order valence-corrected chi connectivity index (χ3v) is 5.79. The van der Waals surface area contributed by atoms with Crippen LogP contribution in [0.5, 0.6) is 0 Å². The number of hydrogen-bond acceptors (Lipinski definition) is 4. The smallest absolute Gasteiger partial charge is 0.115 e. The molecule has 4 nitrogen and oxygen atoms in total. The molecule has 0 unspecified atom stereocenters. The first-order valence-electron chi connectivity index (χ1n) is 9.47. The fourth-order valence-electron chi connectivity index (χ4n) is 3.46. The highest BCUT2D eigenvalue weighted by Crippen LogP contribution is 2.36. The Balaban J connectivity index is 2.08. The normalized spacial score (nSPS) is 18.4. The highest BCUT2D eigenvalue weighted by molar-refractivity contribution is 8.00. The van der Waals surface area contributed by atoms with Crippen molar-refractivity contribution in [3.05, 3.63) is 24.0 Å². The van der Waals surface area contributed by atoms with Crippen LogP contribution in [0.15, 0.2) is 23.1 Å². The molecule has 2 heterocycles. The van der Waals surface area contributed by atoms with Crippen LogP contribution in [0.3, 0.4) is 0 Å². The summed E-state index contributed by atoms with van der Waals surface area (Å²) in [5, 5.41) is 11.1. The second kappa shape index (κ2) is 6.84. The number of benzene rings is 1. The number of hydrogen-bond donors (Lipinski definition) is 1. The average Bonchev–Trinajstić information content (AvgIpc) is 2.84. The van der Waals surface area contributed by atoms with Gasteiger partial charge in [0.25, 0.3) is 0 Å². The molecule has 26 heavy (non-hydrogen) atoms. The average molecular weight is 377 g/mol. The van der Waals surface area contributed by atoms with E-state index < -0.39 is 5.60 Å². The minimum absolute atomic E-state index is 0.0854. The van der Waals surface area contributed by atoms with Gasteiger partial charge in [-0.05, 0) is 18.2 Å². The predicted octanol–water partition coefficient (Wildman–Crippen LogP) is 4.77. The van der Waals surface area contributed by atoms with Gasteiger partial charge in [-0.1, -0.05) is 41.5 Å². The first kappa shape index (κ1) is 19.7. The molecule has 0 amide bonds. The molecule has 0 radical (unpaired) electrons. The van der Waals surface area contributed by atoms with Crippen LogP contribution >= 0.6 is 11.8 Å². The molecule has 1 aliphatic rings. The number of nitrogens with zero attached hydrogens (tertiary/aromatic N) is 2. The molecule has 0 saturated carbocycles. The standard InChI is InChI=1S/C21H32N2O2S/c1-19(2,3)18-22-16-8-7-15(26-20(4,5)6)13-17(16)23(18)14-21(24)9-11-25-12-10-21/h7-8,13,24H,9-12,14H2,1-6H3. The second-order valence-electron chi connectivity index (χ2n) is 9.47. The Morgan fingerprint density at radius 2 is 1.81 bits per heavy atom. The quantitative estimate of drug-likeness (QED) is 0.784. The summed E-state index contributed by atoms with van der Waals surface area (Å²) in [5.74, 6) is 1.03. The van der Waals surface area contributed by atoms with Gasteiger partial charge in [-0.3, -0.25) is 0 Å². The molecule has 0 bridgehead atoms. The van der Waals surface area contributed by atoms with Gasteiger partial charge < -0.3 is 14.4 Å². The zero-order chi connectivity index (χ0) is 19.2. The Kier molecular flexibility index (Phi) is 5.19. The van der Waals surface area contributed by atoms with Gasteiger partial charge in [0.15, 0.2) is 0 Å². The molecule has 0 atom stereocenters. The largest absolute Gasteiger partial charge is 0.388 e. The maximum absolute atomic E-state index is 11.1. The lowest BCUT2D eigenvalue weighted by atomic mass is 9.92. The van der Waals surface area contributed by atoms with Crippen LogP contribution in [0.25, 0.3) is 11.0 Å². The Morgan fingerprint density at radius 1 is 1.15 bits per heavy atom. The maximum Gasteiger partial charge on any atom is 0.115 e. The topological polar surface area (TPSA) is 47.3 Å². The van der Waals surface area contributed by atoms with E-state index in [-0.39, 0.29) is 10.2 Å². The molecule has 1 fully saturated rings. The summed E-state index contributed by atoms with van der Waals surface area (Å²) in [4.78, 5) is 6.17. The van der Waals surface area contributed by atoms with Gasteiger partial charge in [-0.25, -0.2) is 4.98 Å². The summed E-state index contributed by atoms with van der Waals surface area (Å²) in [6, 6.07) is 6.50. The monoisotopic (exact) mass is 376 g/mol. The SMILES string of the molecule is CC(C)(C)Sc1ccc2nc(C(C)(C)C)n(CC3(O)CCOCC3)c2c1. The summed E-state index contributed by atoms with van der Waals surface area (Å²) >= 11 is 1.86. The van der Waals surface area contributed by atoms with Crippen molar-refractivity contribution in [2.75, 3.05) is 13.2 Å². The molecule has 5 heteroatoms. The molecule has 1 aromatic carbocycles. The Bertz CT molecular complexity index is 778. The van der Waals surface area contributed by atoms with Gasteiger partial charge >= 0.3 is 0 Å². The van der Waals surface area contributed by atoms with E-state index in [1.165, 1.54) is 4.90 Å². The minimum atomic E-state index is -0.723. The number of fused-ring (bicyclic) bond motifs is 1. The fraction of sp³-hybridized carbons (Fsp3) is 0.667. The Hall–Kier alpha value is -1.04. The van der Waals surface area contributed by atoms with E-state index in [1.807, 2.05) is 11.8 Å². The number of aliphatic hydroxyl groups is 1. The number of ether oxygens (including phenoxy) is 1. The summed E-state index contributed by atoms with van der Waals surface area (Å²) in [5.41, 5.74) is 1.31. The lowest BCUT2D eigenvalue weighted by molar-refractivity contribution is -0.0728. The molecule has 1 N–H and O–H groups in total. The van der Waals surface area contributed by atoms with Crippen molar-refractivity contribution in [2.45, 2.75) is 81.6 Å². The van der Waals surface area contributed by atoms with Crippen LogP contribution < -0.4 is 0 Å². The zero-order valence-corrected chi connectivity index (χ0v) is 17.7. The predicted molar refractivity (Wildman–Crippen MR) is 109 cm³/mol. The molecule has 1 saturated heterocycles. The van der Waals surface area contributed by atoms with Crippen LogP contribution in [0.4, 0.5) is 0 Å². The van der Waals surface area contributed by atoms with Crippen molar-refractivity contribution in [3.63, 3.8) is 0 Å². The number of rotatable bonds is 3. The Morgan fingerprint density at radius 3 is 2.38 bits per heavy atom.